The molecule has 1 amide bonds. The minimum Gasteiger partial charge on any atom is -0.368 e. The van der Waals surface area contributed by atoms with Gasteiger partial charge in [-0.1, -0.05) is 78.3 Å². The number of nitrogens with two attached hydrogens (primary N) is 1. The molecule has 0 saturated carbocycles. The predicted octanol–water partition coefficient (Wildman–Crippen LogP) is 5.83. The number of carbonyl (C=O) groups excluding carboxylic acids is 1. The molecule has 4 aromatic rings. The van der Waals surface area contributed by atoms with Crippen LogP contribution in [0.15, 0.2) is 59.1 Å². The molecular formula is C23H23ClN6OS2. The summed E-state index contributed by atoms with van der Waals surface area (Å²) in [7, 11) is 0. The number of nitrogens with zero attached hydrogens (tertiary/aromatic N) is 4. The fraction of sp³-hybridized carbons (Fsp3) is 0.217. The Kier molecular flexibility index (Phi) is 7.32. The van der Waals surface area contributed by atoms with E-state index in [4.69, 9.17) is 17.3 Å². The molecule has 2 heterocycles. The minimum atomic E-state index is -0.569. The Morgan fingerprint density at radius 3 is 2.70 bits per heavy atom. The van der Waals surface area contributed by atoms with E-state index in [1.165, 1.54) is 28.7 Å². The molecule has 0 bridgehead atoms. The van der Waals surface area contributed by atoms with Crippen LogP contribution in [0.4, 0.5) is 11.1 Å². The third-order valence-corrected chi connectivity index (χ3v) is 7.21. The molecule has 0 aliphatic heterocycles. The second-order valence-corrected chi connectivity index (χ2v) is 9.62. The summed E-state index contributed by atoms with van der Waals surface area (Å²) in [5.41, 5.74) is 10.1. The van der Waals surface area contributed by atoms with Crippen LogP contribution in [0.5, 0.6) is 0 Å². The zero-order valence-electron chi connectivity index (χ0n) is 18.2. The lowest BCUT2D eigenvalue weighted by Crippen LogP contribution is -2.27. The number of anilines is 2. The highest BCUT2D eigenvalue weighted by atomic mass is 35.5. The number of benzene rings is 2. The first kappa shape index (κ1) is 23.3. The molecule has 0 radical (unpaired) electrons. The molecule has 0 saturated heterocycles. The van der Waals surface area contributed by atoms with Gasteiger partial charge in [0.2, 0.25) is 11.9 Å². The number of hydrogen-bond acceptors (Lipinski definition) is 7. The summed E-state index contributed by atoms with van der Waals surface area (Å²) in [6.45, 7) is 3.96. The van der Waals surface area contributed by atoms with Gasteiger partial charge in [0.05, 0.1) is 5.69 Å². The zero-order valence-corrected chi connectivity index (χ0v) is 20.5. The normalized spacial score (nSPS) is 12.0. The molecule has 170 valence electrons. The lowest BCUT2D eigenvalue weighted by atomic mass is 10.1. The number of nitrogen functional groups attached to an aromatic ring is 1. The number of halogens is 1. The van der Waals surface area contributed by atoms with Gasteiger partial charge in [-0.3, -0.25) is 9.36 Å². The van der Waals surface area contributed by atoms with Crippen LogP contribution in [0, 0.1) is 6.92 Å². The molecule has 2 aromatic heterocycles. The van der Waals surface area contributed by atoms with E-state index in [9.17, 15) is 4.79 Å². The summed E-state index contributed by atoms with van der Waals surface area (Å²) in [5.74, 6) is 0.564. The van der Waals surface area contributed by atoms with Crippen molar-refractivity contribution in [2.75, 3.05) is 11.1 Å². The third-order valence-electron chi connectivity index (χ3n) is 5.09. The average Bonchev–Trinajstić information content (AvgIpc) is 3.41. The fourth-order valence-corrected chi connectivity index (χ4v) is 5.30. The molecule has 0 fully saturated rings. The van der Waals surface area contributed by atoms with Crippen LogP contribution in [0.25, 0.3) is 11.3 Å². The highest BCUT2D eigenvalue weighted by Gasteiger charge is 2.26. The Morgan fingerprint density at radius 2 is 1.97 bits per heavy atom. The molecule has 0 spiro atoms. The highest BCUT2D eigenvalue weighted by molar-refractivity contribution is 7.98. The van der Waals surface area contributed by atoms with Crippen LogP contribution < -0.4 is 11.1 Å². The maximum Gasteiger partial charge on any atom is 0.249 e. The first-order valence-electron chi connectivity index (χ1n) is 10.4. The van der Waals surface area contributed by atoms with Gasteiger partial charge in [-0.25, -0.2) is 4.98 Å². The van der Waals surface area contributed by atoms with Crippen molar-refractivity contribution in [3.05, 3.63) is 70.1 Å². The summed E-state index contributed by atoms with van der Waals surface area (Å²) in [4.78, 5) is 17.7. The van der Waals surface area contributed by atoms with E-state index < -0.39 is 6.04 Å². The lowest BCUT2D eigenvalue weighted by Gasteiger charge is -2.18. The Hall–Kier alpha value is -2.88. The van der Waals surface area contributed by atoms with Crippen LogP contribution >= 0.6 is 34.7 Å². The maximum absolute atomic E-state index is 13.2. The van der Waals surface area contributed by atoms with Gasteiger partial charge in [0.15, 0.2) is 10.3 Å². The van der Waals surface area contributed by atoms with Gasteiger partial charge in [-0.15, -0.1) is 21.5 Å². The van der Waals surface area contributed by atoms with Gasteiger partial charge in [0.1, 0.15) is 6.04 Å². The summed E-state index contributed by atoms with van der Waals surface area (Å²) >= 11 is 9.09. The van der Waals surface area contributed by atoms with E-state index in [1.54, 1.807) is 4.57 Å². The number of rotatable bonds is 8. The quantitative estimate of drug-likeness (QED) is 0.296. The third kappa shape index (κ3) is 5.38. The topological polar surface area (TPSA) is 98.7 Å². The molecule has 0 aliphatic rings. The molecule has 4 rings (SSSR count). The van der Waals surface area contributed by atoms with Gasteiger partial charge in [-0.2, -0.15) is 0 Å². The SMILES string of the molecule is CCC(C(=O)Nc1nc(-c2ccc(C)cc2)cs1)n1c(N)nnc1SCc1ccccc1Cl. The monoisotopic (exact) mass is 498 g/mol. The average molecular weight is 499 g/mol. The van der Waals surface area contributed by atoms with Crippen molar-refractivity contribution in [2.24, 2.45) is 0 Å². The lowest BCUT2D eigenvalue weighted by molar-refractivity contribution is -0.119. The largest absolute Gasteiger partial charge is 0.368 e. The number of carbonyl (C=O) groups is 1. The van der Waals surface area contributed by atoms with Crippen molar-refractivity contribution in [3.63, 3.8) is 0 Å². The molecule has 2 aromatic carbocycles. The zero-order chi connectivity index (χ0) is 23.4. The van der Waals surface area contributed by atoms with Crippen LogP contribution in [0.2, 0.25) is 5.02 Å². The van der Waals surface area contributed by atoms with Gasteiger partial charge in [-0.05, 0) is 25.0 Å². The Balaban J connectivity index is 1.49. The minimum absolute atomic E-state index is 0.193. The van der Waals surface area contributed by atoms with E-state index in [0.717, 1.165) is 16.8 Å². The van der Waals surface area contributed by atoms with Gasteiger partial charge >= 0.3 is 0 Å². The number of nitrogens with one attached hydrogen (secondary N) is 1. The summed E-state index contributed by atoms with van der Waals surface area (Å²) in [6.07, 6.45) is 0.518. The Labute approximate surface area is 205 Å². The number of thiazole rings is 1. The second kappa shape index (κ2) is 10.4. The van der Waals surface area contributed by atoms with Crippen LogP contribution in [0.3, 0.4) is 0 Å². The fourth-order valence-electron chi connectivity index (χ4n) is 3.30. The van der Waals surface area contributed by atoms with E-state index in [1.807, 2.05) is 67.8 Å². The Bertz CT molecular complexity index is 1250. The smallest absolute Gasteiger partial charge is 0.249 e. The number of aryl methyl sites for hydroxylation is 1. The van der Waals surface area contributed by atoms with Gasteiger partial charge in [0.25, 0.3) is 0 Å². The van der Waals surface area contributed by atoms with Crippen molar-refractivity contribution in [2.45, 2.75) is 37.2 Å². The van der Waals surface area contributed by atoms with Crippen molar-refractivity contribution < 1.29 is 4.79 Å². The summed E-state index contributed by atoms with van der Waals surface area (Å²) in [6, 6.07) is 15.2. The number of amides is 1. The van der Waals surface area contributed by atoms with E-state index >= 15 is 0 Å². The molecule has 10 heteroatoms. The first-order chi connectivity index (χ1) is 16.0. The molecular weight excluding hydrogens is 476 g/mol. The first-order valence-corrected chi connectivity index (χ1v) is 12.6. The van der Waals surface area contributed by atoms with Crippen LogP contribution in [-0.2, 0) is 10.5 Å². The van der Waals surface area contributed by atoms with Gasteiger partial charge < -0.3 is 11.1 Å². The van der Waals surface area contributed by atoms with Crippen molar-refractivity contribution in [3.8, 4) is 11.3 Å². The molecule has 1 atom stereocenters. The van der Waals surface area contributed by atoms with Gasteiger partial charge in [0, 0.05) is 21.7 Å². The van der Waals surface area contributed by atoms with Crippen LogP contribution in [-0.4, -0.2) is 25.7 Å². The highest BCUT2D eigenvalue weighted by Crippen LogP contribution is 2.31. The maximum atomic E-state index is 13.2. The van der Waals surface area contributed by atoms with E-state index in [2.05, 4.69) is 20.5 Å². The Morgan fingerprint density at radius 1 is 1.21 bits per heavy atom. The van der Waals surface area contributed by atoms with Crippen molar-refractivity contribution in [1.29, 1.82) is 0 Å². The second-order valence-electron chi connectivity index (χ2n) is 7.41. The predicted molar refractivity (Wildman–Crippen MR) is 136 cm³/mol. The van der Waals surface area contributed by atoms with E-state index in [-0.39, 0.29) is 11.9 Å². The summed E-state index contributed by atoms with van der Waals surface area (Å²) < 4.78 is 1.67. The summed E-state index contributed by atoms with van der Waals surface area (Å²) in [5, 5.41) is 14.8. The molecule has 0 aliphatic carbocycles. The van der Waals surface area contributed by atoms with Crippen molar-refractivity contribution >= 4 is 51.7 Å². The molecule has 1 unspecified atom stereocenters. The van der Waals surface area contributed by atoms with E-state index in [0.29, 0.717) is 27.5 Å². The number of hydrogen-bond donors (Lipinski definition) is 2. The number of aromatic nitrogens is 4. The van der Waals surface area contributed by atoms with Crippen molar-refractivity contribution in [1.82, 2.24) is 19.7 Å². The molecule has 3 N–H and O–H groups in total. The standard InChI is InChI=1S/C23H23ClN6OS2/c1-3-19(20(31)27-22-26-18(13-32-22)15-10-8-14(2)9-11-15)30-21(25)28-29-23(30)33-12-16-6-4-5-7-17(16)24/h4-11,13,19H,3,12H2,1-2H3,(H2,25,28)(H,26,27,31). The molecule has 33 heavy (non-hydrogen) atoms. The number of thioether (sulfide) groups is 1. The molecule has 7 nitrogen and oxygen atoms in total. The van der Waals surface area contributed by atoms with Crippen LogP contribution in [0.1, 0.15) is 30.5 Å².